The first-order chi connectivity index (χ1) is 18.5. The Bertz CT molecular complexity index is 1320. The maximum Gasteiger partial charge on any atom is 0.242 e. The van der Waals surface area contributed by atoms with Crippen molar-refractivity contribution in [1.82, 2.24) is 30.2 Å². The van der Waals surface area contributed by atoms with Gasteiger partial charge in [-0.05, 0) is 43.9 Å². The van der Waals surface area contributed by atoms with Crippen LogP contribution in [0.4, 0.5) is 17.6 Å². The lowest BCUT2D eigenvalue weighted by Crippen LogP contribution is -2.53. The monoisotopic (exact) mass is 518 g/mol. The number of hydrogen-bond acceptors (Lipinski definition) is 10. The summed E-state index contributed by atoms with van der Waals surface area (Å²) in [6.45, 7) is 6.51. The summed E-state index contributed by atoms with van der Waals surface area (Å²) in [6, 6.07) is 5.51. The van der Waals surface area contributed by atoms with Crippen molar-refractivity contribution in [2.75, 3.05) is 49.6 Å². The number of carbonyl (C=O) groups excluding carboxylic acids is 1. The Hall–Kier alpha value is -3.41. The van der Waals surface area contributed by atoms with Crippen molar-refractivity contribution in [2.45, 2.75) is 51.3 Å². The zero-order chi connectivity index (χ0) is 26.1. The number of morpholine rings is 1. The zero-order valence-electron chi connectivity index (χ0n) is 21.7. The van der Waals surface area contributed by atoms with Crippen molar-refractivity contribution in [3.63, 3.8) is 0 Å². The predicted molar refractivity (Wildman–Crippen MR) is 143 cm³/mol. The van der Waals surface area contributed by atoms with Gasteiger partial charge >= 0.3 is 0 Å². The molecule has 1 amide bonds. The Kier molecular flexibility index (Phi) is 7.05. The Balaban J connectivity index is 1.22. The van der Waals surface area contributed by atoms with Gasteiger partial charge in [-0.15, -0.1) is 0 Å². The molecule has 6 heterocycles. The van der Waals surface area contributed by atoms with E-state index in [0.717, 1.165) is 53.9 Å². The van der Waals surface area contributed by atoms with Crippen molar-refractivity contribution in [3.05, 3.63) is 41.3 Å². The molecule has 0 radical (unpaired) electrons. The quantitative estimate of drug-likeness (QED) is 0.462. The first kappa shape index (κ1) is 24.9. The molecular weight excluding hydrogens is 484 g/mol. The van der Waals surface area contributed by atoms with E-state index < -0.39 is 6.10 Å². The number of aromatic nitrogens is 4. The molecule has 3 aromatic rings. The molecule has 0 aromatic carbocycles. The number of fused-ring (bicyclic) bond motifs is 2. The van der Waals surface area contributed by atoms with E-state index in [-0.39, 0.29) is 11.9 Å². The highest BCUT2D eigenvalue weighted by molar-refractivity contribution is 5.89. The van der Waals surface area contributed by atoms with Gasteiger partial charge < -0.3 is 30.3 Å². The predicted octanol–water partition coefficient (Wildman–Crippen LogP) is 2.08. The highest BCUT2D eigenvalue weighted by Crippen LogP contribution is 2.30. The minimum atomic E-state index is -0.668. The number of nitrogens with one attached hydrogen (secondary N) is 2. The molecule has 3 aliphatic rings. The van der Waals surface area contributed by atoms with E-state index in [1.807, 2.05) is 23.1 Å². The van der Waals surface area contributed by atoms with E-state index in [2.05, 4.69) is 20.5 Å². The van der Waals surface area contributed by atoms with Gasteiger partial charge in [0.15, 0.2) is 5.82 Å². The van der Waals surface area contributed by atoms with E-state index in [1.165, 1.54) is 6.42 Å². The largest absolute Gasteiger partial charge is 0.387 e. The van der Waals surface area contributed by atoms with Crippen LogP contribution < -0.4 is 15.5 Å². The second kappa shape index (κ2) is 10.8. The molecule has 3 aliphatic heterocycles. The van der Waals surface area contributed by atoms with Crippen LogP contribution in [0.15, 0.2) is 24.4 Å². The van der Waals surface area contributed by atoms with Crippen molar-refractivity contribution in [3.8, 4) is 0 Å². The van der Waals surface area contributed by atoms with E-state index in [1.54, 1.807) is 13.1 Å². The van der Waals surface area contributed by atoms with E-state index in [9.17, 15) is 9.90 Å². The number of aliphatic hydroxyl groups excluding tert-OH is 1. The number of carbonyl (C=O) groups is 1. The normalized spacial score (nSPS) is 20.7. The smallest absolute Gasteiger partial charge is 0.242 e. The van der Waals surface area contributed by atoms with Crippen LogP contribution in [0, 0.1) is 0 Å². The number of aliphatic hydroxyl groups is 1. The van der Waals surface area contributed by atoms with Gasteiger partial charge in [0.05, 0.1) is 25.0 Å². The fourth-order valence-electron chi connectivity index (χ4n) is 5.38. The molecule has 11 heteroatoms. The van der Waals surface area contributed by atoms with Gasteiger partial charge in [0.25, 0.3) is 0 Å². The molecule has 0 aliphatic carbocycles. The number of anilines is 3. The standard InChI is InChI=1S/C27H34N8O3/c1-17(36)21-13-19-14-29-27(33-24(19)25(31-21)34-9-3-2-4-10-34)32-23-6-5-18-15-35(11-7-20(18)30-23)26(37)22-16-38-12-8-28-22/h5-6,13-14,17,22,28,36H,2-4,7-12,15-16H2,1H3,(H,29,30,32,33). The first-order valence-corrected chi connectivity index (χ1v) is 13.5. The number of nitrogens with zero attached hydrogens (tertiary/aromatic N) is 6. The van der Waals surface area contributed by atoms with E-state index in [0.29, 0.717) is 56.7 Å². The molecule has 0 spiro atoms. The Morgan fingerprint density at radius 3 is 2.84 bits per heavy atom. The summed E-state index contributed by atoms with van der Waals surface area (Å²) in [6.07, 6.45) is 5.24. The van der Waals surface area contributed by atoms with Crippen molar-refractivity contribution < 1.29 is 14.6 Å². The molecule has 2 saturated heterocycles. The summed E-state index contributed by atoms with van der Waals surface area (Å²) in [7, 11) is 0. The highest BCUT2D eigenvalue weighted by Gasteiger charge is 2.29. The van der Waals surface area contributed by atoms with Crippen molar-refractivity contribution in [2.24, 2.45) is 0 Å². The van der Waals surface area contributed by atoms with Crippen LogP contribution in [0.25, 0.3) is 10.9 Å². The Labute approximate surface area is 221 Å². The topological polar surface area (TPSA) is 129 Å². The molecule has 2 atom stereocenters. The summed E-state index contributed by atoms with van der Waals surface area (Å²) in [5.74, 6) is 1.99. The van der Waals surface area contributed by atoms with Crippen LogP contribution in [0.1, 0.15) is 49.2 Å². The molecule has 11 nitrogen and oxygen atoms in total. The first-order valence-electron chi connectivity index (χ1n) is 13.5. The third-order valence-electron chi connectivity index (χ3n) is 7.47. The van der Waals surface area contributed by atoms with Crippen LogP contribution in [-0.4, -0.2) is 81.3 Å². The molecule has 2 fully saturated rings. The molecular formula is C27H34N8O3. The Morgan fingerprint density at radius 1 is 1.18 bits per heavy atom. The maximum atomic E-state index is 12.9. The van der Waals surface area contributed by atoms with E-state index >= 15 is 0 Å². The molecule has 38 heavy (non-hydrogen) atoms. The molecule has 3 N–H and O–H groups in total. The van der Waals surface area contributed by atoms with Crippen LogP contribution in [0.5, 0.6) is 0 Å². The SMILES string of the molecule is CC(O)c1cc2cnc(Nc3ccc4c(n3)CCN(C(=O)C3COCCN3)C4)nc2c(N2CCCCC2)n1. The second-order valence-corrected chi connectivity index (χ2v) is 10.2. The van der Waals surface area contributed by atoms with E-state index in [4.69, 9.17) is 19.7 Å². The number of hydrogen-bond donors (Lipinski definition) is 3. The van der Waals surface area contributed by atoms with Gasteiger partial charge in [0.1, 0.15) is 17.4 Å². The fourth-order valence-corrected chi connectivity index (χ4v) is 5.38. The lowest BCUT2D eigenvalue weighted by atomic mass is 10.0. The number of amides is 1. The number of rotatable bonds is 5. The van der Waals surface area contributed by atoms with Gasteiger partial charge in [-0.2, -0.15) is 0 Å². The number of pyridine rings is 2. The minimum absolute atomic E-state index is 0.0824. The third-order valence-corrected chi connectivity index (χ3v) is 7.47. The molecule has 0 saturated carbocycles. The van der Waals surface area contributed by atoms with Crippen LogP contribution >= 0.6 is 0 Å². The molecule has 3 aromatic heterocycles. The highest BCUT2D eigenvalue weighted by atomic mass is 16.5. The zero-order valence-corrected chi connectivity index (χ0v) is 21.7. The van der Waals surface area contributed by atoms with Crippen molar-refractivity contribution >= 4 is 34.4 Å². The number of piperidine rings is 1. The molecule has 0 bridgehead atoms. The lowest BCUT2D eigenvalue weighted by molar-refractivity contribution is -0.137. The average Bonchev–Trinajstić information content (AvgIpc) is 2.97. The Morgan fingerprint density at radius 2 is 2.05 bits per heavy atom. The minimum Gasteiger partial charge on any atom is -0.387 e. The van der Waals surface area contributed by atoms with Crippen LogP contribution in [0.2, 0.25) is 0 Å². The lowest BCUT2D eigenvalue weighted by Gasteiger charge is -2.33. The van der Waals surface area contributed by atoms with Crippen molar-refractivity contribution in [1.29, 1.82) is 0 Å². The van der Waals surface area contributed by atoms with Crippen LogP contribution in [-0.2, 0) is 22.5 Å². The maximum absolute atomic E-state index is 12.9. The number of ether oxygens (including phenoxy) is 1. The van der Waals surface area contributed by atoms with Gasteiger partial charge in [0, 0.05) is 56.4 Å². The summed E-state index contributed by atoms with van der Waals surface area (Å²) in [5.41, 5.74) is 3.41. The summed E-state index contributed by atoms with van der Waals surface area (Å²) in [4.78, 5) is 36.0. The molecule has 2 unspecified atom stereocenters. The van der Waals surface area contributed by atoms with Gasteiger partial charge in [-0.1, -0.05) is 6.07 Å². The molecule has 200 valence electrons. The van der Waals surface area contributed by atoms with Gasteiger partial charge in [-0.25, -0.2) is 19.9 Å². The molecule has 6 rings (SSSR count). The van der Waals surface area contributed by atoms with Gasteiger partial charge in [-0.3, -0.25) is 4.79 Å². The van der Waals surface area contributed by atoms with Crippen LogP contribution in [0.3, 0.4) is 0 Å². The fraction of sp³-hybridized carbons (Fsp3) is 0.519. The van der Waals surface area contributed by atoms with Gasteiger partial charge in [0.2, 0.25) is 11.9 Å². The summed E-state index contributed by atoms with van der Waals surface area (Å²) < 4.78 is 5.46. The summed E-state index contributed by atoms with van der Waals surface area (Å²) in [5, 5.41) is 17.6. The summed E-state index contributed by atoms with van der Waals surface area (Å²) >= 11 is 0. The average molecular weight is 519 g/mol. The second-order valence-electron chi connectivity index (χ2n) is 10.2. The third kappa shape index (κ3) is 5.13.